The molecule has 20 heavy (non-hydrogen) atoms. The smallest absolute Gasteiger partial charge is 0.321 e. The quantitative estimate of drug-likeness (QED) is 0.798. The largest absolute Gasteiger partial charge is 0.334 e. The number of hydrogen-bond acceptors (Lipinski definition) is 3. The van der Waals surface area contributed by atoms with E-state index in [9.17, 15) is 9.59 Å². The number of rotatable bonds is 7. The highest BCUT2D eigenvalue weighted by molar-refractivity contribution is 5.95. The van der Waals surface area contributed by atoms with E-state index in [0.29, 0.717) is 6.54 Å². The van der Waals surface area contributed by atoms with Crippen LogP contribution in [0.25, 0.3) is 0 Å². The van der Waals surface area contributed by atoms with Crippen LogP contribution in [0.15, 0.2) is 30.3 Å². The molecule has 0 aliphatic rings. The Bertz CT molecular complexity index is 420. The second-order valence-electron chi connectivity index (χ2n) is 4.81. The fraction of sp³-hybridized carbons (Fsp3) is 0.467. The molecule has 0 unspecified atom stereocenters. The third kappa shape index (κ3) is 6.89. The van der Waals surface area contributed by atoms with Crippen molar-refractivity contribution in [3.63, 3.8) is 0 Å². The van der Waals surface area contributed by atoms with Gasteiger partial charge in [0.05, 0.1) is 6.54 Å². The van der Waals surface area contributed by atoms with Gasteiger partial charge >= 0.3 is 6.03 Å². The first-order valence-corrected chi connectivity index (χ1v) is 6.92. The van der Waals surface area contributed by atoms with E-state index in [4.69, 9.17) is 0 Å². The van der Waals surface area contributed by atoms with Gasteiger partial charge in [-0.25, -0.2) is 4.79 Å². The molecule has 1 aromatic carbocycles. The molecule has 110 valence electrons. The van der Waals surface area contributed by atoms with Gasteiger partial charge in [0.25, 0.3) is 0 Å². The van der Waals surface area contributed by atoms with Gasteiger partial charge < -0.3 is 5.32 Å². The van der Waals surface area contributed by atoms with E-state index in [1.807, 2.05) is 42.3 Å². The van der Waals surface area contributed by atoms with Crippen molar-refractivity contribution in [2.75, 3.05) is 20.1 Å². The van der Waals surface area contributed by atoms with Gasteiger partial charge in [0.15, 0.2) is 0 Å². The average molecular weight is 277 g/mol. The molecule has 0 bridgehead atoms. The van der Waals surface area contributed by atoms with Crippen LogP contribution >= 0.6 is 0 Å². The highest BCUT2D eigenvalue weighted by Crippen LogP contribution is 1.96. The van der Waals surface area contributed by atoms with Crippen molar-refractivity contribution >= 4 is 11.9 Å². The molecule has 0 radical (unpaired) electrons. The minimum Gasteiger partial charge on any atom is -0.334 e. The van der Waals surface area contributed by atoms with E-state index in [0.717, 1.165) is 24.9 Å². The van der Waals surface area contributed by atoms with Crippen molar-refractivity contribution in [2.45, 2.75) is 26.3 Å². The van der Waals surface area contributed by atoms with Gasteiger partial charge in [-0.1, -0.05) is 43.7 Å². The Morgan fingerprint density at radius 3 is 2.55 bits per heavy atom. The topological polar surface area (TPSA) is 61.4 Å². The normalized spacial score (nSPS) is 10.3. The summed E-state index contributed by atoms with van der Waals surface area (Å²) in [4.78, 5) is 25.1. The van der Waals surface area contributed by atoms with Crippen molar-refractivity contribution in [1.29, 1.82) is 0 Å². The van der Waals surface area contributed by atoms with Crippen LogP contribution in [0.1, 0.15) is 25.3 Å². The van der Waals surface area contributed by atoms with E-state index < -0.39 is 6.03 Å². The number of carbonyl (C=O) groups is 2. The van der Waals surface area contributed by atoms with Crippen LogP contribution < -0.4 is 10.6 Å². The third-order valence-electron chi connectivity index (χ3n) is 2.86. The number of carbonyl (C=O) groups excluding carboxylic acids is 2. The highest BCUT2D eigenvalue weighted by Gasteiger charge is 2.09. The Morgan fingerprint density at radius 1 is 1.20 bits per heavy atom. The van der Waals surface area contributed by atoms with E-state index in [1.54, 1.807) is 0 Å². The maximum absolute atomic E-state index is 11.6. The van der Waals surface area contributed by atoms with Gasteiger partial charge in [0.1, 0.15) is 0 Å². The Balaban J connectivity index is 2.23. The molecule has 0 aliphatic carbocycles. The van der Waals surface area contributed by atoms with Crippen molar-refractivity contribution in [2.24, 2.45) is 0 Å². The molecule has 0 heterocycles. The molecular formula is C15H23N3O2. The number of benzene rings is 1. The minimum absolute atomic E-state index is 0.235. The molecule has 0 aromatic heterocycles. The zero-order valence-electron chi connectivity index (χ0n) is 12.2. The molecule has 5 heteroatoms. The summed E-state index contributed by atoms with van der Waals surface area (Å²) in [6.45, 7) is 3.60. The third-order valence-corrected chi connectivity index (χ3v) is 2.86. The number of nitrogens with one attached hydrogen (secondary N) is 2. The van der Waals surface area contributed by atoms with Crippen LogP contribution in [0.3, 0.4) is 0 Å². The van der Waals surface area contributed by atoms with Gasteiger partial charge in [-0.3, -0.25) is 15.0 Å². The number of amides is 3. The van der Waals surface area contributed by atoms with Crippen molar-refractivity contribution < 1.29 is 9.59 Å². The second-order valence-corrected chi connectivity index (χ2v) is 4.81. The van der Waals surface area contributed by atoms with Crippen LogP contribution in [0, 0.1) is 0 Å². The summed E-state index contributed by atoms with van der Waals surface area (Å²) in [6, 6.07) is 9.11. The predicted molar refractivity (Wildman–Crippen MR) is 79.2 cm³/mol. The fourth-order valence-electron chi connectivity index (χ4n) is 1.74. The first-order valence-electron chi connectivity index (χ1n) is 6.92. The molecule has 0 aliphatic heterocycles. The SMILES string of the molecule is CCCCN(C)CC(=O)NC(=O)NCc1ccccc1. The van der Waals surface area contributed by atoms with Gasteiger partial charge in [0, 0.05) is 6.54 Å². The molecule has 1 rings (SSSR count). The molecule has 0 saturated carbocycles. The second kappa shape index (κ2) is 9.09. The standard InChI is InChI=1S/C15H23N3O2/c1-3-4-10-18(2)12-14(19)17-15(20)16-11-13-8-6-5-7-9-13/h5-9H,3-4,10-12H2,1-2H3,(H2,16,17,19,20). The van der Waals surface area contributed by atoms with E-state index in [2.05, 4.69) is 17.6 Å². The van der Waals surface area contributed by atoms with Gasteiger partial charge in [0.2, 0.25) is 5.91 Å². The van der Waals surface area contributed by atoms with Crippen molar-refractivity contribution in [3.05, 3.63) is 35.9 Å². The van der Waals surface area contributed by atoms with Crippen molar-refractivity contribution in [1.82, 2.24) is 15.5 Å². The molecule has 2 N–H and O–H groups in total. The molecule has 0 saturated heterocycles. The number of imide groups is 1. The number of urea groups is 1. The Morgan fingerprint density at radius 2 is 1.90 bits per heavy atom. The summed E-state index contributed by atoms with van der Waals surface area (Å²) in [5, 5.41) is 4.98. The number of likely N-dealkylation sites (N-methyl/N-ethyl adjacent to an activating group) is 1. The summed E-state index contributed by atoms with van der Waals surface area (Å²) in [6.07, 6.45) is 2.13. The Hall–Kier alpha value is -1.88. The highest BCUT2D eigenvalue weighted by atomic mass is 16.2. The van der Waals surface area contributed by atoms with E-state index in [1.165, 1.54) is 0 Å². The molecule has 0 fully saturated rings. The lowest BCUT2D eigenvalue weighted by Gasteiger charge is -2.15. The van der Waals surface area contributed by atoms with Gasteiger partial charge in [-0.05, 0) is 25.6 Å². The minimum atomic E-state index is -0.456. The Labute approximate surface area is 120 Å². The molecule has 0 atom stereocenters. The first kappa shape index (κ1) is 16.2. The summed E-state index contributed by atoms with van der Waals surface area (Å²) in [5.41, 5.74) is 0.996. The monoisotopic (exact) mass is 277 g/mol. The van der Waals surface area contributed by atoms with Crippen LogP contribution in [-0.2, 0) is 11.3 Å². The average Bonchev–Trinajstić information content (AvgIpc) is 2.44. The van der Waals surface area contributed by atoms with E-state index >= 15 is 0 Å². The van der Waals surface area contributed by atoms with E-state index in [-0.39, 0.29) is 12.5 Å². The molecular weight excluding hydrogens is 254 g/mol. The lowest BCUT2D eigenvalue weighted by atomic mass is 10.2. The first-order chi connectivity index (χ1) is 9.61. The van der Waals surface area contributed by atoms with Crippen LogP contribution in [-0.4, -0.2) is 37.0 Å². The number of unbranched alkanes of at least 4 members (excludes halogenated alkanes) is 1. The molecule has 1 aromatic rings. The van der Waals surface area contributed by atoms with Gasteiger partial charge in [-0.15, -0.1) is 0 Å². The van der Waals surface area contributed by atoms with Crippen molar-refractivity contribution in [3.8, 4) is 0 Å². The maximum atomic E-state index is 11.6. The lowest BCUT2D eigenvalue weighted by molar-refractivity contribution is -0.120. The lowest BCUT2D eigenvalue weighted by Crippen LogP contribution is -2.43. The fourth-order valence-corrected chi connectivity index (χ4v) is 1.74. The summed E-state index contributed by atoms with van der Waals surface area (Å²) < 4.78 is 0. The van der Waals surface area contributed by atoms with Crippen LogP contribution in [0.2, 0.25) is 0 Å². The molecule has 0 spiro atoms. The summed E-state index contributed by atoms with van der Waals surface area (Å²) >= 11 is 0. The number of nitrogens with zero attached hydrogens (tertiary/aromatic N) is 1. The summed E-state index contributed by atoms with van der Waals surface area (Å²) in [5.74, 6) is -0.283. The zero-order valence-corrected chi connectivity index (χ0v) is 12.2. The van der Waals surface area contributed by atoms with Crippen LogP contribution in [0.4, 0.5) is 4.79 Å². The zero-order chi connectivity index (χ0) is 14.8. The Kier molecular flexibility index (Phi) is 7.35. The molecule has 5 nitrogen and oxygen atoms in total. The summed E-state index contributed by atoms with van der Waals surface area (Å²) in [7, 11) is 1.87. The number of hydrogen-bond donors (Lipinski definition) is 2. The maximum Gasteiger partial charge on any atom is 0.321 e. The predicted octanol–water partition coefficient (Wildman–Crippen LogP) is 1.74. The van der Waals surface area contributed by atoms with Gasteiger partial charge in [-0.2, -0.15) is 0 Å². The van der Waals surface area contributed by atoms with Crippen LogP contribution in [0.5, 0.6) is 0 Å². The molecule has 3 amide bonds.